The number of guanidine groups is 1. The van der Waals surface area contributed by atoms with Crippen LogP contribution in [0.15, 0.2) is 47.5 Å². The van der Waals surface area contributed by atoms with Gasteiger partial charge in [-0.1, -0.05) is 30.3 Å². The van der Waals surface area contributed by atoms with Crippen LogP contribution in [0.2, 0.25) is 0 Å². The molecule has 0 aliphatic rings. The van der Waals surface area contributed by atoms with Crippen molar-refractivity contribution in [2.45, 2.75) is 25.7 Å². The molecule has 10 heteroatoms. The molecule has 0 aliphatic carbocycles. The van der Waals surface area contributed by atoms with Gasteiger partial charge in [-0.15, -0.1) is 24.0 Å². The van der Waals surface area contributed by atoms with Gasteiger partial charge in [-0.05, 0) is 35.2 Å². The van der Waals surface area contributed by atoms with Crippen LogP contribution >= 0.6 is 24.0 Å². The molecule has 2 rings (SSSR count). The second-order valence-electron chi connectivity index (χ2n) is 6.49. The molecule has 0 saturated carbocycles. The van der Waals surface area contributed by atoms with E-state index in [0.29, 0.717) is 36.1 Å². The summed E-state index contributed by atoms with van der Waals surface area (Å²) in [6.45, 7) is -0.396. The lowest BCUT2D eigenvalue weighted by atomic mass is 10.1. The van der Waals surface area contributed by atoms with E-state index < -0.39 is 12.8 Å². The lowest BCUT2D eigenvalue weighted by Gasteiger charge is -2.10. The Morgan fingerprint density at radius 1 is 0.968 bits per heavy atom. The standard InChI is InChI=1S/C21H26F3N3O3.HI/c1-28-18-8-7-15(11-19(18)29-2)9-10-26-20(25)27-12-16-3-5-17(6-4-16)13-30-14-21(22,23)24;/h3-8,11H,9-10,12-14H2,1-2H3,(H3,25,26,27);1H. The van der Waals surface area contributed by atoms with E-state index in [2.05, 4.69) is 15.0 Å². The number of benzene rings is 2. The zero-order chi connectivity index (χ0) is 22.0. The monoisotopic (exact) mass is 553 g/mol. The average molecular weight is 553 g/mol. The minimum atomic E-state index is -4.32. The molecule has 0 spiro atoms. The fourth-order valence-electron chi connectivity index (χ4n) is 2.63. The van der Waals surface area contributed by atoms with Crippen LogP contribution in [0.3, 0.4) is 0 Å². The van der Waals surface area contributed by atoms with E-state index in [1.54, 1.807) is 38.5 Å². The summed E-state index contributed by atoms with van der Waals surface area (Å²) in [6.07, 6.45) is -3.60. The van der Waals surface area contributed by atoms with E-state index in [-0.39, 0.29) is 30.6 Å². The molecule has 0 heterocycles. The van der Waals surface area contributed by atoms with Crippen LogP contribution in [0.5, 0.6) is 11.5 Å². The molecule has 0 aliphatic heterocycles. The third-order valence-electron chi connectivity index (χ3n) is 4.16. The molecule has 0 aromatic heterocycles. The molecule has 0 amide bonds. The van der Waals surface area contributed by atoms with Gasteiger partial charge in [0, 0.05) is 6.54 Å². The van der Waals surface area contributed by atoms with Gasteiger partial charge in [0.2, 0.25) is 0 Å². The van der Waals surface area contributed by atoms with Gasteiger partial charge in [-0.2, -0.15) is 13.2 Å². The predicted octanol–water partition coefficient (Wildman–Crippen LogP) is 4.05. The highest BCUT2D eigenvalue weighted by Crippen LogP contribution is 2.27. The summed E-state index contributed by atoms with van der Waals surface area (Å²) in [5, 5.41) is 3.05. The summed E-state index contributed by atoms with van der Waals surface area (Å²) in [7, 11) is 3.18. The van der Waals surface area contributed by atoms with Crippen LogP contribution in [0, 0.1) is 0 Å². The lowest BCUT2D eigenvalue weighted by Crippen LogP contribution is -2.33. The second-order valence-corrected chi connectivity index (χ2v) is 6.49. The molecule has 0 atom stereocenters. The summed E-state index contributed by atoms with van der Waals surface area (Å²) >= 11 is 0. The third-order valence-corrected chi connectivity index (χ3v) is 4.16. The molecule has 0 bridgehead atoms. The number of methoxy groups -OCH3 is 2. The highest BCUT2D eigenvalue weighted by atomic mass is 127. The molecular formula is C21H27F3IN3O3. The number of halogens is 4. The van der Waals surface area contributed by atoms with Crippen LogP contribution in [0.25, 0.3) is 0 Å². The Morgan fingerprint density at radius 3 is 2.19 bits per heavy atom. The molecular weight excluding hydrogens is 526 g/mol. The molecule has 0 fully saturated rings. The Bertz CT molecular complexity index is 831. The Morgan fingerprint density at radius 2 is 1.58 bits per heavy atom. The molecule has 3 N–H and O–H groups in total. The van der Waals surface area contributed by atoms with Crippen molar-refractivity contribution >= 4 is 29.9 Å². The number of hydrogen-bond donors (Lipinski definition) is 2. The second kappa shape index (κ2) is 13.3. The highest BCUT2D eigenvalue weighted by Gasteiger charge is 2.27. The summed E-state index contributed by atoms with van der Waals surface area (Å²) in [6, 6.07) is 12.7. The largest absolute Gasteiger partial charge is 0.493 e. The van der Waals surface area contributed by atoms with Crippen molar-refractivity contribution in [3.8, 4) is 11.5 Å². The first-order valence-corrected chi connectivity index (χ1v) is 9.27. The number of alkyl halides is 3. The third kappa shape index (κ3) is 10.1. The summed E-state index contributed by atoms with van der Waals surface area (Å²) in [5.74, 6) is 1.66. The highest BCUT2D eigenvalue weighted by molar-refractivity contribution is 14.0. The first-order valence-electron chi connectivity index (χ1n) is 9.27. The number of nitrogens with two attached hydrogens (primary N) is 1. The van der Waals surface area contributed by atoms with E-state index in [9.17, 15) is 13.2 Å². The molecule has 2 aromatic carbocycles. The van der Waals surface area contributed by atoms with Gasteiger partial charge in [-0.3, -0.25) is 0 Å². The fraction of sp³-hybridized carbons (Fsp3) is 0.381. The quantitative estimate of drug-likeness (QED) is 0.264. The van der Waals surface area contributed by atoms with E-state index in [1.807, 2.05) is 18.2 Å². The zero-order valence-electron chi connectivity index (χ0n) is 17.4. The molecule has 6 nitrogen and oxygen atoms in total. The molecule has 0 saturated heterocycles. The first kappa shape index (κ1) is 26.8. The molecule has 2 aromatic rings. The number of rotatable bonds is 10. The minimum absolute atomic E-state index is 0. The van der Waals surface area contributed by atoms with Crippen LogP contribution in [0.4, 0.5) is 13.2 Å². The maximum Gasteiger partial charge on any atom is 0.411 e. The average Bonchev–Trinajstić information content (AvgIpc) is 2.72. The Balaban J connectivity index is 0.00000480. The van der Waals surface area contributed by atoms with E-state index in [0.717, 1.165) is 17.5 Å². The van der Waals surface area contributed by atoms with Crippen LogP contribution < -0.4 is 20.5 Å². The van der Waals surface area contributed by atoms with Crippen LogP contribution in [-0.4, -0.2) is 39.5 Å². The first-order chi connectivity index (χ1) is 14.3. The molecule has 172 valence electrons. The lowest BCUT2D eigenvalue weighted by molar-refractivity contribution is -0.176. The van der Waals surface area contributed by atoms with Gasteiger partial charge in [0.15, 0.2) is 17.5 Å². The van der Waals surface area contributed by atoms with Crippen molar-refractivity contribution in [2.24, 2.45) is 10.7 Å². The fourth-order valence-corrected chi connectivity index (χ4v) is 2.63. The van der Waals surface area contributed by atoms with Crippen molar-refractivity contribution in [3.63, 3.8) is 0 Å². The van der Waals surface area contributed by atoms with Crippen molar-refractivity contribution in [2.75, 3.05) is 27.4 Å². The van der Waals surface area contributed by atoms with E-state index in [4.69, 9.17) is 15.2 Å². The summed E-state index contributed by atoms with van der Waals surface area (Å²) < 4.78 is 51.4. The van der Waals surface area contributed by atoms with Gasteiger partial charge in [-0.25, -0.2) is 4.99 Å². The number of hydrogen-bond acceptors (Lipinski definition) is 4. The number of nitrogens with one attached hydrogen (secondary N) is 1. The van der Waals surface area contributed by atoms with Crippen molar-refractivity contribution in [3.05, 3.63) is 59.2 Å². The van der Waals surface area contributed by atoms with Crippen molar-refractivity contribution < 1.29 is 27.4 Å². The summed E-state index contributed by atoms with van der Waals surface area (Å²) in [4.78, 5) is 4.27. The van der Waals surface area contributed by atoms with Gasteiger partial charge in [0.25, 0.3) is 0 Å². The minimum Gasteiger partial charge on any atom is -0.493 e. The molecule has 31 heavy (non-hydrogen) atoms. The van der Waals surface area contributed by atoms with Crippen molar-refractivity contribution in [1.29, 1.82) is 0 Å². The van der Waals surface area contributed by atoms with Gasteiger partial charge >= 0.3 is 6.18 Å². The van der Waals surface area contributed by atoms with Crippen LogP contribution in [-0.2, 0) is 24.3 Å². The maximum atomic E-state index is 12.1. The van der Waals surface area contributed by atoms with Gasteiger partial charge in [0.1, 0.15) is 6.61 Å². The Hall–Kier alpha value is -2.21. The van der Waals surface area contributed by atoms with Crippen molar-refractivity contribution in [1.82, 2.24) is 5.32 Å². The number of aliphatic imine (C=N–C) groups is 1. The summed E-state index contributed by atoms with van der Waals surface area (Å²) in [5.41, 5.74) is 8.51. The number of ether oxygens (including phenoxy) is 3. The van der Waals surface area contributed by atoms with Crippen LogP contribution in [0.1, 0.15) is 16.7 Å². The van der Waals surface area contributed by atoms with E-state index in [1.165, 1.54) is 0 Å². The van der Waals surface area contributed by atoms with Gasteiger partial charge < -0.3 is 25.3 Å². The smallest absolute Gasteiger partial charge is 0.411 e. The van der Waals surface area contributed by atoms with Gasteiger partial charge in [0.05, 0.1) is 27.4 Å². The van der Waals surface area contributed by atoms with E-state index >= 15 is 0 Å². The Labute approximate surface area is 197 Å². The SMILES string of the molecule is COc1ccc(CCNC(N)=NCc2ccc(COCC(F)(F)F)cc2)cc1OC.I. The number of nitrogens with zero attached hydrogens (tertiary/aromatic N) is 1. The maximum absolute atomic E-state index is 12.1. The molecule has 0 radical (unpaired) electrons. The predicted molar refractivity (Wildman–Crippen MR) is 124 cm³/mol. The normalized spacial score (nSPS) is 11.6. The topological polar surface area (TPSA) is 78.1 Å². The zero-order valence-corrected chi connectivity index (χ0v) is 19.7. The Kier molecular flexibility index (Phi) is 11.5. The molecule has 0 unspecified atom stereocenters.